The van der Waals surface area contributed by atoms with E-state index in [9.17, 15) is 4.79 Å². The average Bonchev–Trinajstić information content (AvgIpc) is 3.17. The van der Waals surface area contributed by atoms with Crippen molar-refractivity contribution in [2.24, 2.45) is 0 Å². The van der Waals surface area contributed by atoms with Gasteiger partial charge >= 0.3 is 6.03 Å². The Bertz CT molecular complexity index is 821. The van der Waals surface area contributed by atoms with Crippen molar-refractivity contribution in [1.82, 2.24) is 20.1 Å². The third-order valence-corrected chi connectivity index (χ3v) is 3.78. The normalized spacial score (nSPS) is 11.7. The number of aromatic nitrogens is 3. The minimum Gasteiger partial charge on any atom is -0.383 e. The van der Waals surface area contributed by atoms with Crippen molar-refractivity contribution in [3.8, 4) is 5.82 Å². The summed E-state index contributed by atoms with van der Waals surface area (Å²) in [6.07, 6.45) is 5.77. The van der Waals surface area contributed by atoms with Gasteiger partial charge in [-0.3, -0.25) is 0 Å². The van der Waals surface area contributed by atoms with Crippen LogP contribution in [0.4, 0.5) is 10.5 Å². The lowest BCUT2D eigenvalue weighted by Crippen LogP contribution is -2.42. The number of nitrogens with zero attached hydrogens (tertiary/aromatic N) is 3. The highest BCUT2D eigenvalue weighted by atomic mass is 16.5. The summed E-state index contributed by atoms with van der Waals surface area (Å²) in [6, 6.07) is 14.9. The predicted molar refractivity (Wildman–Crippen MR) is 99.3 cm³/mol. The van der Waals surface area contributed by atoms with Gasteiger partial charge in [0.1, 0.15) is 0 Å². The molecule has 2 amide bonds. The van der Waals surface area contributed by atoms with Crippen molar-refractivity contribution in [2.75, 3.05) is 19.0 Å². The molecule has 3 aromatic rings. The molecule has 0 bridgehead atoms. The van der Waals surface area contributed by atoms with Gasteiger partial charge in [0.15, 0.2) is 5.82 Å². The first-order valence-corrected chi connectivity index (χ1v) is 8.31. The summed E-state index contributed by atoms with van der Waals surface area (Å²) >= 11 is 0. The molecule has 1 aromatic carbocycles. The van der Waals surface area contributed by atoms with Crippen molar-refractivity contribution in [3.63, 3.8) is 0 Å². The summed E-state index contributed by atoms with van der Waals surface area (Å²) in [6.45, 7) is 0.418. The molecule has 2 aromatic heterocycles. The second kappa shape index (κ2) is 8.77. The molecule has 1 unspecified atom stereocenters. The van der Waals surface area contributed by atoms with Gasteiger partial charge in [-0.2, -0.15) is 5.10 Å². The Labute approximate surface area is 152 Å². The Morgan fingerprint density at radius 3 is 2.73 bits per heavy atom. The lowest BCUT2D eigenvalue weighted by Gasteiger charge is -2.19. The molecule has 2 heterocycles. The van der Waals surface area contributed by atoms with Crippen molar-refractivity contribution in [3.05, 3.63) is 72.7 Å². The van der Waals surface area contributed by atoms with Gasteiger partial charge in [-0.05, 0) is 30.2 Å². The number of ether oxygens (including phenoxy) is 1. The average molecular weight is 351 g/mol. The number of amides is 2. The van der Waals surface area contributed by atoms with E-state index in [0.29, 0.717) is 24.5 Å². The highest BCUT2D eigenvalue weighted by Gasteiger charge is 2.15. The van der Waals surface area contributed by atoms with Crippen LogP contribution in [0, 0.1) is 0 Å². The first-order chi connectivity index (χ1) is 12.8. The van der Waals surface area contributed by atoms with Gasteiger partial charge in [0.2, 0.25) is 0 Å². The van der Waals surface area contributed by atoms with Crippen molar-refractivity contribution >= 4 is 11.7 Å². The summed E-state index contributed by atoms with van der Waals surface area (Å²) in [5, 5.41) is 9.96. The van der Waals surface area contributed by atoms with E-state index < -0.39 is 0 Å². The van der Waals surface area contributed by atoms with E-state index in [4.69, 9.17) is 4.74 Å². The number of methoxy groups -OCH3 is 1. The SMILES string of the molecule is COCC(Cc1ccccc1)NC(=O)Nc1cccnc1-n1cccn1. The first kappa shape index (κ1) is 17.6. The topological polar surface area (TPSA) is 81.1 Å². The van der Waals surface area contributed by atoms with Gasteiger partial charge in [0.25, 0.3) is 0 Å². The molecule has 134 valence electrons. The second-order valence-corrected chi connectivity index (χ2v) is 5.77. The van der Waals surface area contributed by atoms with Gasteiger partial charge < -0.3 is 15.4 Å². The number of rotatable bonds is 7. The molecule has 7 nitrogen and oxygen atoms in total. The number of hydrogen-bond acceptors (Lipinski definition) is 4. The Kier molecular flexibility index (Phi) is 5.95. The predicted octanol–water partition coefficient (Wildman–Crippen LogP) is 2.65. The molecule has 7 heteroatoms. The van der Waals surface area contributed by atoms with Crippen LogP contribution >= 0.6 is 0 Å². The lowest BCUT2D eigenvalue weighted by atomic mass is 10.1. The molecule has 0 saturated carbocycles. The van der Waals surface area contributed by atoms with Gasteiger partial charge in [-0.25, -0.2) is 14.5 Å². The van der Waals surface area contributed by atoms with E-state index in [2.05, 4.69) is 20.7 Å². The van der Waals surface area contributed by atoms with Gasteiger partial charge in [0.05, 0.1) is 18.3 Å². The molecular formula is C19H21N5O2. The highest BCUT2D eigenvalue weighted by Crippen LogP contribution is 2.16. The maximum atomic E-state index is 12.5. The molecule has 2 N–H and O–H groups in total. The van der Waals surface area contributed by atoms with Crippen LogP contribution in [0.2, 0.25) is 0 Å². The van der Waals surface area contributed by atoms with Crippen molar-refractivity contribution < 1.29 is 9.53 Å². The van der Waals surface area contributed by atoms with Crippen LogP contribution in [-0.2, 0) is 11.2 Å². The summed E-state index contributed by atoms with van der Waals surface area (Å²) in [5.74, 6) is 0.555. The van der Waals surface area contributed by atoms with Crippen molar-refractivity contribution in [2.45, 2.75) is 12.5 Å². The van der Waals surface area contributed by atoms with Gasteiger partial charge in [-0.1, -0.05) is 30.3 Å². The fourth-order valence-corrected chi connectivity index (χ4v) is 2.67. The van der Waals surface area contributed by atoms with E-state index >= 15 is 0 Å². The molecule has 0 aliphatic carbocycles. The zero-order valence-electron chi connectivity index (χ0n) is 14.5. The van der Waals surface area contributed by atoms with Crippen LogP contribution in [-0.4, -0.2) is 40.6 Å². The molecule has 3 rings (SSSR count). The largest absolute Gasteiger partial charge is 0.383 e. The van der Waals surface area contributed by atoms with Crippen LogP contribution in [0.5, 0.6) is 0 Å². The van der Waals surface area contributed by atoms with Crippen LogP contribution < -0.4 is 10.6 Å². The number of hydrogen-bond donors (Lipinski definition) is 2. The zero-order chi connectivity index (χ0) is 18.2. The van der Waals surface area contributed by atoms with E-state index in [-0.39, 0.29) is 12.1 Å². The quantitative estimate of drug-likeness (QED) is 0.686. The van der Waals surface area contributed by atoms with Crippen LogP contribution in [0.15, 0.2) is 67.1 Å². The molecule has 0 fully saturated rings. The van der Waals surface area contributed by atoms with E-state index in [1.807, 2.05) is 30.3 Å². The van der Waals surface area contributed by atoms with Crippen molar-refractivity contribution in [1.29, 1.82) is 0 Å². The molecule has 0 radical (unpaired) electrons. The van der Waals surface area contributed by atoms with E-state index in [1.54, 1.807) is 48.6 Å². The monoisotopic (exact) mass is 351 g/mol. The summed E-state index contributed by atoms with van der Waals surface area (Å²) in [7, 11) is 1.62. The van der Waals surface area contributed by atoms with Crippen LogP contribution in [0.3, 0.4) is 0 Å². The van der Waals surface area contributed by atoms with Gasteiger partial charge in [-0.15, -0.1) is 0 Å². The molecule has 26 heavy (non-hydrogen) atoms. The fourth-order valence-electron chi connectivity index (χ4n) is 2.67. The van der Waals surface area contributed by atoms with Crippen LogP contribution in [0.1, 0.15) is 5.56 Å². The number of benzene rings is 1. The smallest absolute Gasteiger partial charge is 0.319 e. The third kappa shape index (κ3) is 4.67. The molecule has 1 atom stereocenters. The lowest BCUT2D eigenvalue weighted by molar-refractivity contribution is 0.167. The van der Waals surface area contributed by atoms with Crippen LogP contribution in [0.25, 0.3) is 5.82 Å². The second-order valence-electron chi connectivity index (χ2n) is 5.77. The third-order valence-electron chi connectivity index (χ3n) is 3.78. The molecule has 0 spiro atoms. The number of carbonyl (C=O) groups is 1. The minimum atomic E-state index is -0.315. The van der Waals surface area contributed by atoms with E-state index in [1.165, 1.54) is 0 Å². The highest BCUT2D eigenvalue weighted by molar-refractivity contribution is 5.91. The Hall–Kier alpha value is -3.19. The maximum absolute atomic E-state index is 12.5. The number of pyridine rings is 1. The number of carbonyl (C=O) groups excluding carboxylic acids is 1. The zero-order valence-corrected chi connectivity index (χ0v) is 14.5. The number of anilines is 1. The summed E-state index contributed by atoms with van der Waals surface area (Å²) < 4.78 is 6.84. The minimum absolute atomic E-state index is 0.146. The van der Waals surface area contributed by atoms with Gasteiger partial charge in [0, 0.05) is 25.7 Å². The van der Waals surface area contributed by atoms with E-state index in [0.717, 1.165) is 5.56 Å². The Balaban J connectivity index is 1.67. The fraction of sp³-hybridized carbons (Fsp3) is 0.211. The number of nitrogens with one attached hydrogen (secondary N) is 2. The standard InChI is InChI=1S/C19H21N5O2/c1-26-14-16(13-15-7-3-2-4-8-15)22-19(25)23-17-9-5-10-20-18(17)24-12-6-11-21-24/h2-12,16H,13-14H2,1H3,(H2,22,23,25). The Morgan fingerprint density at radius 1 is 1.15 bits per heavy atom. The maximum Gasteiger partial charge on any atom is 0.319 e. The summed E-state index contributed by atoms with van der Waals surface area (Å²) in [5.41, 5.74) is 1.71. The first-order valence-electron chi connectivity index (χ1n) is 8.31. The molecule has 0 saturated heterocycles. The summed E-state index contributed by atoms with van der Waals surface area (Å²) in [4.78, 5) is 16.8. The molecule has 0 aliphatic rings. The molecule has 0 aliphatic heterocycles. The molecular weight excluding hydrogens is 330 g/mol. The Morgan fingerprint density at radius 2 is 2.00 bits per heavy atom. The number of urea groups is 1.